The fourth-order valence-corrected chi connectivity index (χ4v) is 3.01. The van der Waals surface area contributed by atoms with Crippen LogP contribution in [0.3, 0.4) is 0 Å². The van der Waals surface area contributed by atoms with E-state index in [4.69, 9.17) is 0 Å². The van der Waals surface area contributed by atoms with Crippen molar-refractivity contribution < 1.29 is 4.79 Å². The van der Waals surface area contributed by atoms with E-state index >= 15 is 0 Å². The molecule has 108 valence electrons. The van der Waals surface area contributed by atoms with Gasteiger partial charge in [0, 0.05) is 20.1 Å². The van der Waals surface area contributed by atoms with E-state index < -0.39 is 0 Å². The van der Waals surface area contributed by atoms with E-state index in [9.17, 15) is 10.1 Å². The maximum absolute atomic E-state index is 11.8. The lowest BCUT2D eigenvalue weighted by molar-refractivity contribution is -0.130. The standard InChI is InChI=1S/C15H27N3O/c1-5-6-12-7-8-13(10-16)14(9-12)18(4)11-15(19)17(2)3/h12-14H,5-9,11H2,1-4H3. The molecule has 0 aromatic rings. The molecule has 0 aliphatic heterocycles. The van der Waals surface area contributed by atoms with Crippen LogP contribution in [-0.4, -0.2) is 49.4 Å². The molecule has 3 unspecified atom stereocenters. The van der Waals surface area contributed by atoms with Gasteiger partial charge < -0.3 is 4.90 Å². The third-order valence-corrected chi connectivity index (χ3v) is 4.24. The van der Waals surface area contributed by atoms with E-state index in [0.717, 1.165) is 25.2 Å². The van der Waals surface area contributed by atoms with Crippen LogP contribution in [0.15, 0.2) is 0 Å². The number of carbonyl (C=O) groups excluding carboxylic acids is 1. The molecule has 19 heavy (non-hydrogen) atoms. The van der Waals surface area contributed by atoms with Crippen molar-refractivity contribution in [1.82, 2.24) is 9.80 Å². The lowest BCUT2D eigenvalue weighted by Gasteiger charge is -2.38. The summed E-state index contributed by atoms with van der Waals surface area (Å²) >= 11 is 0. The first-order valence-corrected chi connectivity index (χ1v) is 7.29. The van der Waals surface area contributed by atoms with Crippen molar-refractivity contribution >= 4 is 5.91 Å². The maximum atomic E-state index is 11.8. The zero-order valence-electron chi connectivity index (χ0n) is 12.7. The van der Waals surface area contributed by atoms with Gasteiger partial charge in [-0.25, -0.2) is 0 Å². The second-order valence-electron chi connectivity index (χ2n) is 5.97. The van der Waals surface area contributed by atoms with Gasteiger partial charge in [-0.15, -0.1) is 0 Å². The van der Waals surface area contributed by atoms with Crippen molar-refractivity contribution in [3.8, 4) is 6.07 Å². The molecular formula is C15H27N3O. The van der Waals surface area contributed by atoms with Crippen molar-refractivity contribution in [3.05, 3.63) is 0 Å². The second-order valence-corrected chi connectivity index (χ2v) is 5.97. The lowest BCUT2D eigenvalue weighted by Crippen LogP contribution is -2.46. The zero-order chi connectivity index (χ0) is 14.4. The number of rotatable bonds is 5. The Morgan fingerprint density at radius 2 is 2.00 bits per heavy atom. The van der Waals surface area contributed by atoms with E-state index in [0.29, 0.717) is 6.54 Å². The molecule has 0 saturated heterocycles. The predicted octanol–water partition coefficient (Wildman–Crippen LogP) is 2.11. The van der Waals surface area contributed by atoms with Crippen LogP contribution in [-0.2, 0) is 4.79 Å². The third-order valence-electron chi connectivity index (χ3n) is 4.24. The summed E-state index contributed by atoms with van der Waals surface area (Å²) in [6, 6.07) is 2.67. The Bertz CT molecular complexity index is 335. The molecule has 0 heterocycles. The molecule has 1 aliphatic rings. The average Bonchev–Trinajstić information content (AvgIpc) is 2.38. The highest BCUT2D eigenvalue weighted by Gasteiger charge is 2.33. The molecule has 4 nitrogen and oxygen atoms in total. The van der Waals surface area contributed by atoms with Crippen molar-refractivity contribution in [1.29, 1.82) is 5.26 Å². The molecule has 0 N–H and O–H groups in total. The van der Waals surface area contributed by atoms with Crippen LogP contribution in [0.2, 0.25) is 0 Å². The molecule has 1 rings (SSSR count). The Hall–Kier alpha value is -1.08. The van der Waals surface area contributed by atoms with E-state index in [-0.39, 0.29) is 17.9 Å². The van der Waals surface area contributed by atoms with Crippen LogP contribution in [0.1, 0.15) is 39.0 Å². The van der Waals surface area contributed by atoms with Gasteiger partial charge in [-0.05, 0) is 32.2 Å². The Balaban J connectivity index is 2.64. The first kappa shape index (κ1) is 16.0. The van der Waals surface area contributed by atoms with E-state index in [2.05, 4.69) is 17.9 Å². The largest absolute Gasteiger partial charge is 0.348 e. The number of hydrogen-bond donors (Lipinski definition) is 0. The number of nitriles is 1. The van der Waals surface area contributed by atoms with Gasteiger partial charge in [0.05, 0.1) is 18.5 Å². The third kappa shape index (κ3) is 4.50. The maximum Gasteiger partial charge on any atom is 0.236 e. The molecular weight excluding hydrogens is 238 g/mol. The average molecular weight is 265 g/mol. The van der Waals surface area contributed by atoms with Crippen LogP contribution in [0.4, 0.5) is 0 Å². The van der Waals surface area contributed by atoms with Gasteiger partial charge in [0.1, 0.15) is 0 Å². The van der Waals surface area contributed by atoms with E-state index in [1.165, 1.54) is 12.8 Å². The first-order chi connectivity index (χ1) is 8.99. The highest BCUT2D eigenvalue weighted by atomic mass is 16.2. The highest BCUT2D eigenvalue weighted by Crippen LogP contribution is 2.33. The summed E-state index contributed by atoms with van der Waals surface area (Å²) in [4.78, 5) is 15.5. The number of nitrogens with zero attached hydrogens (tertiary/aromatic N) is 3. The minimum Gasteiger partial charge on any atom is -0.348 e. The minimum absolute atomic E-state index is 0.0769. The van der Waals surface area contributed by atoms with Gasteiger partial charge in [-0.1, -0.05) is 19.8 Å². The summed E-state index contributed by atoms with van der Waals surface area (Å²) in [5.74, 6) is 0.904. The molecule has 0 aromatic heterocycles. The van der Waals surface area contributed by atoms with Crippen LogP contribution in [0.25, 0.3) is 0 Å². The Morgan fingerprint density at radius 1 is 1.32 bits per heavy atom. The number of carbonyl (C=O) groups is 1. The van der Waals surface area contributed by atoms with Crippen molar-refractivity contribution in [2.45, 2.75) is 45.1 Å². The molecule has 1 amide bonds. The van der Waals surface area contributed by atoms with Gasteiger partial charge in [-0.2, -0.15) is 5.26 Å². The quantitative estimate of drug-likeness (QED) is 0.765. The minimum atomic E-state index is 0.0769. The van der Waals surface area contributed by atoms with Crippen molar-refractivity contribution in [2.24, 2.45) is 11.8 Å². The molecule has 1 aliphatic carbocycles. The van der Waals surface area contributed by atoms with Gasteiger partial charge in [-0.3, -0.25) is 9.69 Å². The van der Waals surface area contributed by atoms with Gasteiger partial charge in [0.25, 0.3) is 0 Å². The zero-order valence-corrected chi connectivity index (χ0v) is 12.7. The summed E-state index contributed by atoms with van der Waals surface area (Å²) in [7, 11) is 5.53. The summed E-state index contributed by atoms with van der Waals surface area (Å²) in [6.45, 7) is 2.62. The number of hydrogen-bond acceptors (Lipinski definition) is 3. The molecule has 0 aromatic carbocycles. The molecule has 0 radical (unpaired) electrons. The lowest BCUT2D eigenvalue weighted by atomic mass is 9.76. The highest BCUT2D eigenvalue weighted by molar-refractivity contribution is 5.77. The number of amides is 1. The monoisotopic (exact) mass is 265 g/mol. The topological polar surface area (TPSA) is 47.3 Å². The van der Waals surface area contributed by atoms with Crippen LogP contribution >= 0.6 is 0 Å². The Labute approximate surface area is 117 Å². The molecule has 0 bridgehead atoms. The second kappa shape index (κ2) is 7.49. The molecule has 0 spiro atoms. The normalized spacial score (nSPS) is 27.1. The van der Waals surface area contributed by atoms with E-state index in [1.54, 1.807) is 19.0 Å². The molecule has 3 atom stereocenters. The molecule has 1 fully saturated rings. The Kier molecular flexibility index (Phi) is 6.30. The fraction of sp³-hybridized carbons (Fsp3) is 0.867. The van der Waals surface area contributed by atoms with Crippen LogP contribution < -0.4 is 0 Å². The number of likely N-dealkylation sites (N-methyl/N-ethyl adjacent to an activating group) is 2. The summed E-state index contributed by atoms with van der Waals surface area (Å²) < 4.78 is 0. The van der Waals surface area contributed by atoms with E-state index in [1.807, 2.05) is 7.05 Å². The van der Waals surface area contributed by atoms with Gasteiger partial charge in [0.2, 0.25) is 5.91 Å². The smallest absolute Gasteiger partial charge is 0.236 e. The SMILES string of the molecule is CCCC1CCC(C#N)C(N(C)CC(=O)N(C)C)C1. The summed E-state index contributed by atoms with van der Waals surface area (Å²) in [5.41, 5.74) is 0. The predicted molar refractivity (Wildman–Crippen MR) is 76.5 cm³/mol. The van der Waals surface area contributed by atoms with Crippen LogP contribution in [0.5, 0.6) is 0 Å². The molecule has 4 heteroatoms. The first-order valence-electron chi connectivity index (χ1n) is 7.29. The summed E-state index contributed by atoms with van der Waals surface area (Å²) in [6.07, 6.45) is 5.65. The van der Waals surface area contributed by atoms with Gasteiger partial charge >= 0.3 is 0 Å². The van der Waals surface area contributed by atoms with Crippen molar-refractivity contribution in [2.75, 3.05) is 27.7 Å². The van der Waals surface area contributed by atoms with Crippen LogP contribution in [0, 0.1) is 23.2 Å². The molecule has 1 saturated carbocycles. The summed E-state index contributed by atoms with van der Waals surface area (Å²) in [5, 5.41) is 9.30. The Morgan fingerprint density at radius 3 is 2.53 bits per heavy atom. The fourth-order valence-electron chi connectivity index (χ4n) is 3.01. The van der Waals surface area contributed by atoms with Crippen molar-refractivity contribution in [3.63, 3.8) is 0 Å². The van der Waals surface area contributed by atoms with Gasteiger partial charge in [0.15, 0.2) is 0 Å².